The number of carbonyl (C=O) groups excluding carboxylic acids is 1. The minimum atomic E-state index is -0.652. The van der Waals surface area contributed by atoms with Crippen LogP contribution in [0.5, 0.6) is 0 Å². The van der Waals surface area contributed by atoms with Crippen molar-refractivity contribution in [3.8, 4) is 6.07 Å². The van der Waals surface area contributed by atoms with Crippen molar-refractivity contribution in [3.63, 3.8) is 0 Å². The zero-order valence-corrected chi connectivity index (χ0v) is 12.0. The highest BCUT2D eigenvalue weighted by molar-refractivity contribution is 7.98. The van der Waals surface area contributed by atoms with Gasteiger partial charge in [-0.15, -0.1) is 0 Å². The van der Waals surface area contributed by atoms with E-state index >= 15 is 0 Å². The molecule has 0 fully saturated rings. The Morgan fingerprint density at radius 3 is 2.74 bits per heavy atom. The van der Waals surface area contributed by atoms with E-state index in [1.165, 1.54) is 18.0 Å². The number of aromatic nitrogens is 2. The maximum Gasteiger partial charge on any atom is 0.426 e. The van der Waals surface area contributed by atoms with Crippen molar-refractivity contribution in [2.45, 2.75) is 31.5 Å². The minimum Gasteiger partial charge on any atom is -0.443 e. The molecule has 0 bridgehead atoms. The molecule has 1 heterocycles. The van der Waals surface area contributed by atoms with Crippen LogP contribution < -0.4 is 10.9 Å². The summed E-state index contributed by atoms with van der Waals surface area (Å²) < 4.78 is 5.05. The molecule has 19 heavy (non-hydrogen) atoms. The third-order valence-electron chi connectivity index (χ3n) is 1.75. The standard InChI is InChI=1S/C11H15N5O2S/c1-11(2,3)18-10(17)16-15-8-7(5-12)6-13-9(14-8)19-4/h6H,1-4H3,(H,16,17)(H,13,14,15). The molecule has 2 N–H and O–H groups in total. The second-order valence-corrected chi connectivity index (χ2v) is 5.26. The Bertz CT molecular complexity index is 507. The van der Waals surface area contributed by atoms with Crippen molar-refractivity contribution in [2.24, 2.45) is 0 Å². The van der Waals surface area contributed by atoms with Gasteiger partial charge in [-0.2, -0.15) is 5.26 Å². The summed E-state index contributed by atoms with van der Waals surface area (Å²) in [6, 6.07) is 1.93. The van der Waals surface area contributed by atoms with E-state index in [1.54, 1.807) is 20.8 Å². The summed E-state index contributed by atoms with van der Waals surface area (Å²) in [4.78, 5) is 19.5. The van der Waals surface area contributed by atoms with E-state index in [1.807, 2.05) is 12.3 Å². The third kappa shape index (κ3) is 5.01. The number of ether oxygens (including phenoxy) is 1. The van der Waals surface area contributed by atoms with Crippen molar-refractivity contribution < 1.29 is 9.53 Å². The average Bonchev–Trinajstić information content (AvgIpc) is 2.33. The molecule has 0 saturated heterocycles. The van der Waals surface area contributed by atoms with Crippen LogP contribution in [0.1, 0.15) is 26.3 Å². The van der Waals surface area contributed by atoms with Crippen molar-refractivity contribution >= 4 is 23.7 Å². The van der Waals surface area contributed by atoms with Crippen LogP contribution in [0.25, 0.3) is 0 Å². The predicted molar refractivity (Wildman–Crippen MR) is 71.5 cm³/mol. The SMILES string of the molecule is CSc1ncc(C#N)c(NNC(=O)OC(C)(C)C)n1. The lowest BCUT2D eigenvalue weighted by Crippen LogP contribution is -2.36. The van der Waals surface area contributed by atoms with E-state index in [0.29, 0.717) is 5.16 Å². The van der Waals surface area contributed by atoms with Gasteiger partial charge in [-0.3, -0.25) is 5.43 Å². The van der Waals surface area contributed by atoms with Crippen LogP contribution in [0.2, 0.25) is 0 Å². The molecule has 0 aliphatic carbocycles. The molecule has 1 amide bonds. The number of thioether (sulfide) groups is 1. The summed E-state index contributed by atoms with van der Waals surface area (Å²) in [5, 5.41) is 9.41. The Morgan fingerprint density at radius 1 is 1.53 bits per heavy atom. The van der Waals surface area contributed by atoms with Gasteiger partial charge in [0, 0.05) is 0 Å². The van der Waals surface area contributed by atoms with Gasteiger partial charge in [-0.25, -0.2) is 20.2 Å². The van der Waals surface area contributed by atoms with E-state index in [-0.39, 0.29) is 11.4 Å². The molecule has 0 aliphatic rings. The second kappa shape index (κ2) is 6.24. The van der Waals surface area contributed by atoms with Crippen molar-refractivity contribution in [1.29, 1.82) is 5.26 Å². The van der Waals surface area contributed by atoms with Gasteiger partial charge < -0.3 is 4.74 Å². The molecule has 8 heteroatoms. The smallest absolute Gasteiger partial charge is 0.426 e. The highest BCUT2D eigenvalue weighted by atomic mass is 32.2. The van der Waals surface area contributed by atoms with Gasteiger partial charge in [0.05, 0.1) is 6.20 Å². The highest BCUT2D eigenvalue weighted by Crippen LogP contribution is 2.15. The number of nitrogens with one attached hydrogen (secondary N) is 2. The third-order valence-corrected chi connectivity index (χ3v) is 2.31. The van der Waals surface area contributed by atoms with Gasteiger partial charge >= 0.3 is 6.09 Å². The van der Waals surface area contributed by atoms with Gasteiger partial charge in [-0.05, 0) is 27.0 Å². The van der Waals surface area contributed by atoms with Gasteiger partial charge in [0.25, 0.3) is 0 Å². The summed E-state index contributed by atoms with van der Waals surface area (Å²) in [6.07, 6.45) is 2.55. The molecule has 102 valence electrons. The van der Waals surface area contributed by atoms with Crippen LogP contribution in [0.3, 0.4) is 0 Å². The molecular formula is C11H15N5O2S. The molecule has 0 unspecified atom stereocenters. The number of nitriles is 1. The van der Waals surface area contributed by atoms with Gasteiger partial charge in [0.1, 0.15) is 17.2 Å². The molecule has 0 aromatic carbocycles. The van der Waals surface area contributed by atoms with Crippen LogP contribution in [-0.2, 0) is 4.74 Å². The predicted octanol–water partition coefficient (Wildman–Crippen LogP) is 1.92. The maximum atomic E-state index is 11.5. The number of hydrazine groups is 1. The molecule has 1 rings (SSSR count). The van der Waals surface area contributed by atoms with Crippen LogP contribution in [-0.4, -0.2) is 27.9 Å². The lowest BCUT2D eigenvalue weighted by atomic mass is 10.2. The maximum absolute atomic E-state index is 11.5. The highest BCUT2D eigenvalue weighted by Gasteiger charge is 2.16. The number of rotatable bonds is 3. The normalized spacial score (nSPS) is 10.5. The number of hydrogen-bond acceptors (Lipinski definition) is 7. The fourth-order valence-corrected chi connectivity index (χ4v) is 1.40. The topological polar surface area (TPSA) is 99.9 Å². The molecule has 0 aliphatic heterocycles. The molecular weight excluding hydrogens is 266 g/mol. The van der Waals surface area contributed by atoms with Crippen molar-refractivity contribution in [2.75, 3.05) is 11.7 Å². The van der Waals surface area contributed by atoms with E-state index < -0.39 is 11.7 Å². The van der Waals surface area contributed by atoms with Gasteiger partial charge in [0.15, 0.2) is 11.0 Å². The molecule has 1 aromatic heterocycles. The number of hydrogen-bond donors (Lipinski definition) is 2. The number of amides is 1. The summed E-state index contributed by atoms with van der Waals surface area (Å²) in [6.45, 7) is 5.26. The second-order valence-electron chi connectivity index (χ2n) is 4.48. The first-order valence-electron chi connectivity index (χ1n) is 5.42. The Hall–Kier alpha value is -2.01. The summed E-state index contributed by atoms with van der Waals surface area (Å²) in [7, 11) is 0. The fraction of sp³-hybridized carbons (Fsp3) is 0.455. The van der Waals surface area contributed by atoms with E-state index in [9.17, 15) is 4.79 Å². The number of nitrogens with zero attached hydrogens (tertiary/aromatic N) is 3. The average molecular weight is 281 g/mol. The molecule has 1 aromatic rings. The Balaban J connectivity index is 2.72. The largest absolute Gasteiger partial charge is 0.443 e. The van der Waals surface area contributed by atoms with Crippen molar-refractivity contribution in [1.82, 2.24) is 15.4 Å². The first-order valence-corrected chi connectivity index (χ1v) is 6.64. The summed E-state index contributed by atoms with van der Waals surface area (Å²) in [5.74, 6) is 0.229. The minimum absolute atomic E-state index is 0.229. The van der Waals surface area contributed by atoms with Crippen molar-refractivity contribution in [3.05, 3.63) is 11.8 Å². The lowest BCUT2D eigenvalue weighted by molar-refractivity contribution is 0.0541. The first-order chi connectivity index (χ1) is 8.85. The van der Waals surface area contributed by atoms with Gasteiger partial charge in [-0.1, -0.05) is 11.8 Å². The van der Waals surface area contributed by atoms with Crippen LogP contribution in [0, 0.1) is 11.3 Å². The zero-order valence-electron chi connectivity index (χ0n) is 11.1. The quantitative estimate of drug-likeness (QED) is 0.496. The molecule has 0 radical (unpaired) electrons. The van der Waals surface area contributed by atoms with Gasteiger partial charge in [0.2, 0.25) is 0 Å². The summed E-state index contributed by atoms with van der Waals surface area (Å²) in [5.41, 5.74) is 4.50. The van der Waals surface area contributed by atoms with E-state index in [4.69, 9.17) is 10.00 Å². The Kier molecular flexibility index (Phi) is 4.94. The Morgan fingerprint density at radius 2 is 2.21 bits per heavy atom. The molecule has 0 saturated carbocycles. The summed E-state index contributed by atoms with van der Waals surface area (Å²) >= 11 is 1.33. The van der Waals surface area contributed by atoms with Crippen LogP contribution in [0.15, 0.2) is 11.4 Å². The number of anilines is 1. The Labute approximate surface area is 115 Å². The molecule has 0 spiro atoms. The lowest BCUT2D eigenvalue weighted by Gasteiger charge is -2.20. The van der Waals surface area contributed by atoms with E-state index in [0.717, 1.165) is 0 Å². The number of carbonyl (C=O) groups is 1. The first kappa shape index (κ1) is 15.0. The fourth-order valence-electron chi connectivity index (χ4n) is 1.05. The molecule has 0 atom stereocenters. The zero-order chi connectivity index (χ0) is 14.5. The molecule has 7 nitrogen and oxygen atoms in total. The van der Waals surface area contributed by atoms with Crippen LogP contribution in [0.4, 0.5) is 10.6 Å². The van der Waals surface area contributed by atoms with E-state index in [2.05, 4.69) is 20.8 Å². The van der Waals surface area contributed by atoms with Crippen LogP contribution >= 0.6 is 11.8 Å². The monoisotopic (exact) mass is 281 g/mol.